The van der Waals surface area contributed by atoms with E-state index in [1.54, 1.807) is 0 Å². The Labute approximate surface area is 122 Å². The molecule has 1 N–H and O–H groups in total. The van der Waals surface area contributed by atoms with Crippen LogP contribution in [0.5, 0.6) is 0 Å². The van der Waals surface area contributed by atoms with Crippen LogP contribution in [-0.2, 0) is 6.42 Å². The van der Waals surface area contributed by atoms with Crippen LogP contribution in [0.4, 0.5) is 0 Å². The SMILES string of the molecule is CCc1ccc(C(CC)NCC2(C)CCCS2)cc1. The molecule has 1 fully saturated rings. The first-order valence-electron chi connectivity index (χ1n) is 7.63. The van der Waals surface area contributed by atoms with Crippen molar-refractivity contribution >= 4 is 11.8 Å². The molecule has 19 heavy (non-hydrogen) atoms. The second-order valence-electron chi connectivity index (χ2n) is 5.84. The molecule has 106 valence electrons. The summed E-state index contributed by atoms with van der Waals surface area (Å²) in [5, 5.41) is 3.78. The quantitative estimate of drug-likeness (QED) is 0.817. The fourth-order valence-corrected chi connectivity index (χ4v) is 4.05. The van der Waals surface area contributed by atoms with Crippen LogP contribution in [-0.4, -0.2) is 17.0 Å². The monoisotopic (exact) mass is 277 g/mol. The summed E-state index contributed by atoms with van der Waals surface area (Å²) in [6, 6.07) is 9.63. The Morgan fingerprint density at radius 3 is 2.53 bits per heavy atom. The topological polar surface area (TPSA) is 12.0 Å². The van der Waals surface area contributed by atoms with Crippen LogP contribution in [0.25, 0.3) is 0 Å². The highest BCUT2D eigenvalue weighted by molar-refractivity contribution is 8.00. The van der Waals surface area contributed by atoms with E-state index in [4.69, 9.17) is 0 Å². The highest BCUT2D eigenvalue weighted by atomic mass is 32.2. The van der Waals surface area contributed by atoms with Crippen LogP contribution in [0, 0.1) is 0 Å². The maximum absolute atomic E-state index is 3.78. The van der Waals surface area contributed by atoms with E-state index >= 15 is 0 Å². The maximum atomic E-state index is 3.78. The van der Waals surface area contributed by atoms with Gasteiger partial charge in [-0.15, -0.1) is 0 Å². The van der Waals surface area contributed by atoms with Gasteiger partial charge in [-0.05, 0) is 49.5 Å². The molecule has 2 atom stereocenters. The smallest absolute Gasteiger partial charge is 0.0318 e. The number of aryl methyl sites for hydroxylation is 1. The van der Waals surface area contributed by atoms with Crippen molar-refractivity contribution in [1.29, 1.82) is 0 Å². The van der Waals surface area contributed by atoms with Crippen LogP contribution >= 0.6 is 11.8 Å². The molecule has 2 heteroatoms. The van der Waals surface area contributed by atoms with E-state index in [9.17, 15) is 0 Å². The minimum Gasteiger partial charge on any atom is -0.309 e. The number of nitrogens with one attached hydrogen (secondary N) is 1. The minimum absolute atomic E-state index is 0.455. The van der Waals surface area contributed by atoms with Crippen LogP contribution < -0.4 is 5.32 Å². The van der Waals surface area contributed by atoms with Crippen molar-refractivity contribution in [2.45, 2.75) is 57.2 Å². The summed E-state index contributed by atoms with van der Waals surface area (Å²) in [5.41, 5.74) is 2.86. The first kappa shape index (κ1) is 14.9. The molecule has 0 radical (unpaired) electrons. The third kappa shape index (κ3) is 4.00. The molecule has 0 amide bonds. The molecule has 1 saturated heterocycles. The molecule has 1 aliphatic heterocycles. The van der Waals surface area contributed by atoms with Crippen molar-refractivity contribution in [1.82, 2.24) is 5.32 Å². The molecule has 0 spiro atoms. The Kier molecular flexibility index (Phi) is 5.35. The van der Waals surface area contributed by atoms with E-state index in [1.165, 1.54) is 29.7 Å². The normalized spacial score (nSPS) is 24.6. The van der Waals surface area contributed by atoms with Gasteiger partial charge >= 0.3 is 0 Å². The fraction of sp³-hybridized carbons (Fsp3) is 0.647. The Morgan fingerprint density at radius 1 is 1.26 bits per heavy atom. The van der Waals surface area contributed by atoms with Crippen molar-refractivity contribution in [2.75, 3.05) is 12.3 Å². The van der Waals surface area contributed by atoms with E-state index < -0.39 is 0 Å². The molecule has 0 saturated carbocycles. The van der Waals surface area contributed by atoms with Gasteiger partial charge in [-0.2, -0.15) is 11.8 Å². The Bertz CT molecular complexity index is 379. The third-order valence-electron chi connectivity index (χ3n) is 4.22. The molecule has 0 aromatic heterocycles. The highest BCUT2D eigenvalue weighted by Gasteiger charge is 2.29. The zero-order valence-corrected chi connectivity index (χ0v) is 13.4. The first-order valence-corrected chi connectivity index (χ1v) is 8.61. The van der Waals surface area contributed by atoms with Crippen LogP contribution in [0.3, 0.4) is 0 Å². The Hall–Kier alpha value is -0.470. The van der Waals surface area contributed by atoms with Gasteiger partial charge in [-0.3, -0.25) is 0 Å². The number of thioether (sulfide) groups is 1. The summed E-state index contributed by atoms with van der Waals surface area (Å²) in [5.74, 6) is 1.33. The van der Waals surface area contributed by atoms with Crippen molar-refractivity contribution in [3.05, 3.63) is 35.4 Å². The van der Waals surface area contributed by atoms with E-state index in [0.29, 0.717) is 10.8 Å². The molecular formula is C17H27NS. The van der Waals surface area contributed by atoms with Crippen LogP contribution in [0.15, 0.2) is 24.3 Å². The molecule has 2 unspecified atom stereocenters. The van der Waals surface area contributed by atoms with Gasteiger partial charge in [0, 0.05) is 17.3 Å². The van der Waals surface area contributed by atoms with Crippen molar-refractivity contribution in [3.63, 3.8) is 0 Å². The van der Waals surface area contributed by atoms with E-state index in [2.05, 4.69) is 62.1 Å². The van der Waals surface area contributed by atoms with Gasteiger partial charge in [-0.25, -0.2) is 0 Å². The van der Waals surface area contributed by atoms with Gasteiger partial charge in [-0.1, -0.05) is 38.1 Å². The molecule has 1 heterocycles. The number of hydrogen-bond donors (Lipinski definition) is 1. The average molecular weight is 277 g/mol. The van der Waals surface area contributed by atoms with Gasteiger partial charge < -0.3 is 5.32 Å². The van der Waals surface area contributed by atoms with E-state index in [1.807, 2.05) is 0 Å². The second kappa shape index (κ2) is 6.81. The molecule has 1 aliphatic rings. The van der Waals surface area contributed by atoms with E-state index in [-0.39, 0.29) is 0 Å². The predicted octanol–water partition coefficient (Wildman–Crippen LogP) is 4.58. The van der Waals surface area contributed by atoms with Crippen molar-refractivity contribution in [2.24, 2.45) is 0 Å². The van der Waals surface area contributed by atoms with Crippen LogP contribution in [0.2, 0.25) is 0 Å². The lowest BCUT2D eigenvalue weighted by Gasteiger charge is -2.27. The second-order valence-corrected chi connectivity index (χ2v) is 7.52. The summed E-state index contributed by atoms with van der Waals surface area (Å²) < 4.78 is 0.455. The molecule has 1 aromatic carbocycles. The van der Waals surface area contributed by atoms with Crippen LogP contribution in [0.1, 0.15) is 57.2 Å². The summed E-state index contributed by atoms with van der Waals surface area (Å²) in [7, 11) is 0. The summed E-state index contributed by atoms with van der Waals surface area (Å²) in [4.78, 5) is 0. The minimum atomic E-state index is 0.455. The highest BCUT2D eigenvalue weighted by Crippen LogP contribution is 2.37. The molecule has 0 aliphatic carbocycles. The molecule has 1 aromatic rings. The van der Waals surface area contributed by atoms with Gasteiger partial charge in [0.15, 0.2) is 0 Å². The lowest BCUT2D eigenvalue weighted by atomic mass is 10.00. The molecule has 2 rings (SSSR count). The predicted molar refractivity (Wildman–Crippen MR) is 87.0 cm³/mol. The Morgan fingerprint density at radius 2 is 2.00 bits per heavy atom. The van der Waals surface area contributed by atoms with Crippen molar-refractivity contribution < 1.29 is 0 Å². The number of benzene rings is 1. The molecule has 0 bridgehead atoms. The Balaban J connectivity index is 1.95. The number of rotatable bonds is 6. The average Bonchev–Trinajstić information content (AvgIpc) is 2.87. The van der Waals surface area contributed by atoms with Gasteiger partial charge in [0.25, 0.3) is 0 Å². The zero-order chi connectivity index (χ0) is 13.7. The van der Waals surface area contributed by atoms with Gasteiger partial charge in [0.05, 0.1) is 0 Å². The fourth-order valence-electron chi connectivity index (χ4n) is 2.80. The first-order chi connectivity index (χ1) is 9.17. The molecule has 1 nitrogen and oxygen atoms in total. The largest absolute Gasteiger partial charge is 0.309 e. The van der Waals surface area contributed by atoms with Gasteiger partial charge in [0.1, 0.15) is 0 Å². The maximum Gasteiger partial charge on any atom is 0.0318 e. The third-order valence-corrected chi connectivity index (χ3v) is 5.76. The summed E-state index contributed by atoms with van der Waals surface area (Å²) >= 11 is 2.14. The number of hydrogen-bond acceptors (Lipinski definition) is 2. The lowest BCUT2D eigenvalue weighted by Crippen LogP contribution is -2.35. The summed E-state index contributed by atoms with van der Waals surface area (Å²) in [6.07, 6.45) is 5.02. The van der Waals surface area contributed by atoms with Gasteiger partial charge in [0.2, 0.25) is 0 Å². The summed E-state index contributed by atoms with van der Waals surface area (Å²) in [6.45, 7) is 8.02. The van der Waals surface area contributed by atoms with E-state index in [0.717, 1.165) is 19.4 Å². The molecular weight excluding hydrogens is 250 g/mol. The zero-order valence-electron chi connectivity index (χ0n) is 12.5. The van der Waals surface area contributed by atoms with Crippen molar-refractivity contribution in [3.8, 4) is 0 Å². The standard InChI is InChI=1S/C17H27NS/c1-4-14-7-9-15(10-8-14)16(5-2)18-13-17(3)11-6-12-19-17/h7-10,16,18H,4-6,11-13H2,1-3H3. The lowest BCUT2D eigenvalue weighted by molar-refractivity contribution is 0.462.